The molecular formula is C9H18N2O3S. The van der Waals surface area contributed by atoms with E-state index in [9.17, 15) is 13.2 Å². The molecule has 1 heterocycles. The van der Waals surface area contributed by atoms with Crippen molar-refractivity contribution in [3.05, 3.63) is 0 Å². The highest BCUT2D eigenvalue weighted by Gasteiger charge is 2.39. The average Bonchev–Trinajstić information content (AvgIpc) is 2.54. The zero-order valence-electron chi connectivity index (χ0n) is 9.33. The monoisotopic (exact) mass is 234 g/mol. The van der Waals surface area contributed by atoms with Gasteiger partial charge in [0.25, 0.3) is 0 Å². The SMILES string of the molecule is CC(C)(C(=O)NC1CCNC1)S(C)(=O)=O. The fourth-order valence-electron chi connectivity index (χ4n) is 1.31. The molecule has 0 bridgehead atoms. The first-order valence-electron chi connectivity index (χ1n) is 4.96. The molecule has 88 valence electrons. The van der Waals surface area contributed by atoms with Gasteiger partial charge in [-0.1, -0.05) is 0 Å². The van der Waals surface area contributed by atoms with Crippen LogP contribution in [0.2, 0.25) is 0 Å². The maximum atomic E-state index is 11.7. The van der Waals surface area contributed by atoms with Crippen LogP contribution in [-0.2, 0) is 14.6 Å². The Morgan fingerprint density at radius 2 is 2.07 bits per heavy atom. The van der Waals surface area contributed by atoms with Gasteiger partial charge in [0.1, 0.15) is 4.75 Å². The molecule has 1 rings (SSSR count). The van der Waals surface area contributed by atoms with Crippen molar-refractivity contribution in [2.24, 2.45) is 0 Å². The third-order valence-electron chi connectivity index (χ3n) is 2.87. The van der Waals surface area contributed by atoms with Crippen LogP contribution in [0, 0.1) is 0 Å². The Bertz CT molecular complexity index is 342. The van der Waals surface area contributed by atoms with Crippen LogP contribution in [0.15, 0.2) is 0 Å². The predicted molar refractivity (Wildman–Crippen MR) is 58.3 cm³/mol. The van der Waals surface area contributed by atoms with Crippen LogP contribution in [0.4, 0.5) is 0 Å². The number of rotatable bonds is 3. The van der Waals surface area contributed by atoms with Crippen LogP contribution >= 0.6 is 0 Å². The molecule has 2 N–H and O–H groups in total. The fourth-order valence-corrected chi connectivity index (χ4v) is 1.70. The third kappa shape index (κ3) is 2.69. The van der Waals surface area contributed by atoms with Gasteiger partial charge < -0.3 is 10.6 Å². The van der Waals surface area contributed by atoms with Crippen molar-refractivity contribution >= 4 is 15.7 Å². The number of hydrogen-bond donors (Lipinski definition) is 2. The van der Waals surface area contributed by atoms with Gasteiger partial charge in [0, 0.05) is 18.8 Å². The van der Waals surface area contributed by atoms with E-state index in [1.54, 1.807) is 0 Å². The maximum Gasteiger partial charge on any atom is 0.241 e. The summed E-state index contributed by atoms with van der Waals surface area (Å²) in [7, 11) is -3.38. The molecule has 0 radical (unpaired) electrons. The lowest BCUT2D eigenvalue weighted by atomic mass is 10.1. The summed E-state index contributed by atoms with van der Waals surface area (Å²) in [5, 5.41) is 5.85. The van der Waals surface area contributed by atoms with Gasteiger partial charge in [-0.2, -0.15) is 0 Å². The molecule has 1 amide bonds. The molecule has 1 unspecified atom stereocenters. The second-order valence-corrected chi connectivity index (χ2v) is 7.01. The van der Waals surface area contributed by atoms with E-state index in [1.165, 1.54) is 13.8 Å². The zero-order chi connectivity index (χ0) is 11.7. The molecule has 6 heteroatoms. The van der Waals surface area contributed by atoms with E-state index >= 15 is 0 Å². The second-order valence-electron chi connectivity index (χ2n) is 4.45. The minimum atomic E-state index is -3.38. The fraction of sp³-hybridized carbons (Fsp3) is 0.889. The van der Waals surface area contributed by atoms with Gasteiger partial charge in [-0.05, 0) is 26.8 Å². The third-order valence-corrected chi connectivity index (χ3v) is 4.91. The molecular weight excluding hydrogens is 216 g/mol. The van der Waals surface area contributed by atoms with Gasteiger partial charge >= 0.3 is 0 Å². The van der Waals surface area contributed by atoms with Crippen LogP contribution < -0.4 is 10.6 Å². The molecule has 0 saturated carbocycles. The van der Waals surface area contributed by atoms with Crippen molar-refractivity contribution in [1.29, 1.82) is 0 Å². The van der Waals surface area contributed by atoms with Crippen molar-refractivity contribution in [1.82, 2.24) is 10.6 Å². The van der Waals surface area contributed by atoms with E-state index in [0.29, 0.717) is 6.54 Å². The molecule has 0 aromatic rings. The normalized spacial score (nSPS) is 22.7. The van der Waals surface area contributed by atoms with E-state index < -0.39 is 20.5 Å². The number of hydrogen-bond acceptors (Lipinski definition) is 4. The summed E-state index contributed by atoms with van der Waals surface area (Å²) < 4.78 is 21.4. The Hall–Kier alpha value is -0.620. The largest absolute Gasteiger partial charge is 0.351 e. The summed E-state index contributed by atoms with van der Waals surface area (Å²) in [6.45, 7) is 4.44. The molecule has 1 fully saturated rings. The first-order chi connectivity index (χ1) is 6.75. The van der Waals surface area contributed by atoms with Crippen LogP contribution in [0.1, 0.15) is 20.3 Å². The summed E-state index contributed by atoms with van der Waals surface area (Å²) in [4.78, 5) is 11.7. The number of nitrogens with one attached hydrogen (secondary N) is 2. The summed E-state index contributed by atoms with van der Waals surface area (Å²) in [6.07, 6.45) is 1.94. The highest BCUT2D eigenvalue weighted by Crippen LogP contribution is 2.15. The topological polar surface area (TPSA) is 75.3 Å². The standard InChI is InChI=1S/C9H18N2O3S/c1-9(2,15(3,13)14)8(12)11-7-4-5-10-6-7/h7,10H,4-6H2,1-3H3,(H,11,12). The second kappa shape index (κ2) is 4.09. The molecule has 5 nitrogen and oxygen atoms in total. The first kappa shape index (κ1) is 12.4. The van der Waals surface area contributed by atoms with Crippen LogP contribution in [0.5, 0.6) is 0 Å². The average molecular weight is 234 g/mol. The lowest BCUT2D eigenvalue weighted by molar-refractivity contribution is -0.123. The van der Waals surface area contributed by atoms with Gasteiger partial charge in [0.2, 0.25) is 5.91 Å². The summed E-state index contributed by atoms with van der Waals surface area (Å²) in [5.41, 5.74) is 0. The highest BCUT2D eigenvalue weighted by atomic mass is 32.2. The zero-order valence-corrected chi connectivity index (χ0v) is 10.1. The van der Waals surface area contributed by atoms with Crippen LogP contribution in [-0.4, -0.2) is 44.5 Å². The Balaban J connectivity index is 2.67. The Morgan fingerprint density at radius 3 is 2.47 bits per heavy atom. The first-order valence-corrected chi connectivity index (χ1v) is 6.85. The van der Waals surface area contributed by atoms with Crippen LogP contribution in [0.3, 0.4) is 0 Å². The number of amides is 1. The Labute approximate surface area is 90.5 Å². The summed E-state index contributed by atoms with van der Waals surface area (Å²) in [5.74, 6) is -0.418. The van der Waals surface area contributed by atoms with Crippen molar-refractivity contribution in [2.75, 3.05) is 19.3 Å². The van der Waals surface area contributed by atoms with Gasteiger partial charge in [-0.15, -0.1) is 0 Å². The van der Waals surface area contributed by atoms with Crippen molar-refractivity contribution in [2.45, 2.75) is 31.1 Å². The van der Waals surface area contributed by atoms with E-state index in [-0.39, 0.29) is 6.04 Å². The summed E-state index contributed by atoms with van der Waals surface area (Å²) >= 11 is 0. The van der Waals surface area contributed by atoms with E-state index in [2.05, 4.69) is 10.6 Å². The molecule has 1 aliphatic heterocycles. The van der Waals surface area contributed by atoms with Gasteiger partial charge in [0.15, 0.2) is 9.84 Å². The van der Waals surface area contributed by atoms with E-state index in [4.69, 9.17) is 0 Å². The Morgan fingerprint density at radius 1 is 1.47 bits per heavy atom. The molecule has 0 aromatic heterocycles. The number of carbonyl (C=O) groups is 1. The maximum absolute atomic E-state index is 11.7. The van der Waals surface area contributed by atoms with Gasteiger partial charge in [-0.3, -0.25) is 4.79 Å². The molecule has 1 saturated heterocycles. The van der Waals surface area contributed by atoms with Gasteiger partial charge in [-0.25, -0.2) is 8.42 Å². The highest BCUT2D eigenvalue weighted by molar-refractivity contribution is 7.92. The predicted octanol–water partition coefficient (Wildman–Crippen LogP) is -0.712. The lowest BCUT2D eigenvalue weighted by Crippen LogP contribution is -2.51. The van der Waals surface area contributed by atoms with E-state index in [0.717, 1.165) is 19.2 Å². The lowest BCUT2D eigenvalue weighted by Gasteiger charge is -2.23. The summed E-state index contributed by atoms with van der Waals surface area (Å²) in [6, 6.07) is 0.0542. The molecule has 15 heavy (non-hydrogen) atoms. The van der Waals surface area contributed by atoms with Crippen molar-refractivity contribution in [3.63, 3.8) is 0 Å². The molecule has 1 aliphatic rings. The molecule has 0 aliphatic carbocycles. The molecule has 0 aromatic carbocycles. The minimum absolute atomic E-state index is 0.0542. The quantitative estimate of drug-likeness (QED) is 0.676. The molecule has 1 atom stereocenters. The number of carbonyl (C=O) groups excluding carboxylic acids is 1. The van der Waals surface area contributed by atoms with Gasteiger partial charge in [0.05, 0.1) is 0 Å². The van der Waals surface area contributed by atoms with E-state index in [1.807, 2.05) is 0 Å². The number of sulfone groups is 1. The van der Waals surface area contributed by atoms with Crippen molar-refractivity contribution in [3.8, 4) is 0 Å². The molecule has 0 spiro atoms. The van der Waals surface area contributed by atoms with Crippen molar-refractivity contribution < 1.29 is 13.2 Å². The minimum Gasteiger partial charge on any atom is -0.351 e. The Kier molecular flexibility index (Phi) is 3.40. The van der Waals surface area contributed by atoms with Crippen LogP contribution in [0.25, 0.3) is 0 Å². The smallest absolute Gasteiger partial charge is 0.241 e.